The highest BCUT2D eigenvalue weighted by atomic mass is 19.1. The van der Waals surface area contributed by atoms with Crippen LogP contribution in [0.3, 0.4) is 0 Å². The van der Waals surface area contributed by atoms with Gasteiger partial charge in [0.1, 0.15) is 18.6 Å². The zero-order valence-corrected chi connectivity index (χ0v) is 16.1. The van der Waals surface area contributed by atoms with Crippen molar-refractivity contribution in [3.05, 3.63) is 65.5 Å². The number of oxime groups is 2. The normalized spacial score (nSPS) is 12.5. The van der Waals surface area contributed by atoms with Crippen LogP contribution in [0.2, 0.25) is 0 Å². The summed E-state index contributed by atoms with van der Waals surface area (Å²) in [4.78, 5) is 23.5. The summed E-state index contributed by atoms with van der Waals surface area (Å²) in [5, 5.41) is 7.84. The SMILES string of the molecule is CO/N=C(\C=N\OC(C)c1ccccc1N(C)C(=O)OC)c1ccc(F)cc1. The van der Waals surface area contributed by atoms with Gasteiger partial charge in [-0.05, 0) is 37.3 Å². The van der Waals surface area contributed by atoms with Crippen LogP contribution in [-0.2, 0) is 14.4 Å². The molecule has 2 rings (SSSR count). The van der Waals surface area contributed by atoms with Crippen LogP contribution in [0.1, 0.15) is 24.2 Å². The molecule has 1 unspecified atom stereocenters. The van der Waals surface area contributed by atoms with Gasteiger partial charge in [0.25, 0.3) is 0 Å². The first kappa shape index (κ1) is 20.9. The second-order valence-corrected chi connectivity index (χ2v) is 5.74. The molecule has 0 saturated heterocycles. The molecule has 1 atom stereocenters. The lowest BCUT2D eigenvalue weighted by Gasteiger charge is -2.21. The third-order valence-corrected chi connectivity index (χ3v) is 3.91. The van der Waals surface area contributed by atoms with Crippen molar-refractivity contribution >= 4 is 23.7 Å². The molecule has 0 aromatic heterocycles. The van der Waals surface area contributed by atoms with E-state index in [9.17, 15) is 9.18 Å². The monoisotopic (exact) mass is 387 g/mol. The van der Waals surface area contributed by atoms with Gasteiger partial charge in [0.05, 0.1) is 19.0 Å². The lowest BCUT2D eigenvalue weighted by Crippen LogP contribution is -2.27. The first-order valence-corrected chi connectivity index (χ1v) is 8.44. The van der Waals surface area contributed by atoms with Crippen molar-refractivity contribution in [2.45, 2.75) is 13.0 Å². The molecule has 0 aliphatic rings. The Morgan fingerprint density at radius 1 is 1.14 bits per heavy atom. The average Bonchev–Trinajstić information content (AvgIpc) is 2.72. The van der Waals surface area contributed by atoms with Crippen LogP contribution in [0, 0.1) is 5.82 Å². The van der Waals surface area contributed by atoms with E-state index in [1.165, 1.54) is 37.5 Å². The molecule has 0 aliphatic heterocycles. The number of methoxy groups -OCH3 is 1. The van der Waals surface area contributed by atoms with Crippen LogP contribution in [-0.4, -0.2) is 39.3 Å². The van der Waals surface area contributed by atoms with Gasteiger partial charge in [-0.15, -0.1) is 0 Å². The summed E-state index contributed by atoms with van der Waals surface area (Å²) in [7, 11) is 4.33. The topological polar surface area (TPSA) is 72.7 Å². The Morgan fingerprint density at radius 3 is 2.46 bits per heavy atom. The van der Waals surface area contributed by atoms with Crippen molar-refractivity contribution < 1.29 is 23.6 Å². The van der Waals surface area contributed by atoms with E-state index in [0.717, 1.165) is 5.56 Å². The van der Waals surface area contributed by atoms with Gasteiger partial charge in [0, 0.05) is 18.2 Å². The van der Waals surface area contributed by atoms with Crippen LogP contribution in [0.5, 0.6) is 0 Å². The number of carbonyl (C=O) groups is 1. The Balaban J connectivity index is 2.16. The molecule has 0 N–H and O–H groups in total. The first-order valence-electron chi connectivity index (χ1n) is 8.44. The summed E-state index contributed by atoms with van der Waals surface area (Å²) in [5.74, 6) is -0.353. The molecular formula is C20H22FN3O4. The van der Waals surface area contributed by atoms with Gasteiger partial charge < -0.3 is 14.4 Å². The van der Waals surface area contributed by atoms with Gasteiger partial charge in [-0.1, -0.05) is 28.5 Å². The molecule has 0 spiro atoms. The third kappa shape index (κ3) is 5.29. The van der Waals surface area contributed by atoms with Crippen molar-refractivity contribution in [1.82, 2.24) is 0 Å². The van der Waals surface area contributed by atoms with E-state index < -0.39 is 12.2 Å². The fourth-order valence-corrected chi connectivity index (χ4v) is 2.47. The predicted octanol–water partition coefficient (Wildman–Crippen LogP) is 4.14. The van der Waals surface area contributed by atoms with Gasteiger partial charge in [0.2, 0.25) is 0 Å². The number of amides is 1. The molecule has 0 bridgehead atoms. The van der Waals surface area contributed by atoms with Crippen LogP contribution in [0.25, 0.3) is 0 Å². The Labute approximate surface area is 163 Å². The van der Waals surface area contributed by atoms with Gasteiger partial charge in [0.15, 0.2) is 6.10 Å². The summed E-state index contributed by atoms with van der Waals surface area (Å²) in [6.07, 6.45) is 0.422. The number of ether oxygens (including phenoxy) is 1. The van der Waals surface area contributed by atoms with E-state index in [-0.39, 0.29) is 5.82 Å². The molecular weight excluding hydrogens is 365 g/mol. The van der Waals surface area contributed by atoms with Gasteiger partial charge in [-0.25, -0.2) is 9.18 Å². The number of para-hydroxylation sites is 1. The lowest BCUT2D eigenvalue weighted by molar-refractivity contribution is 0.0741. The highest BCUT2D eigenvalue weighted by Crippen LogP contribution is 2.28. The van der Waals surface area contributed by atoms with Crippen molar-refractivity contribution in [2.75, 3.05) is 26.2 Å². The number of hydrogen-bond donors (Lipinski definition) is 0. The maximum absolute atomic E-state index is 13.1. The smallest absolute Gasteiger partial charge is 0.413 e. The second kappa shape index (κ2) is 10.1. The molecule has 148 valence electrons. The number of carbonyl (C=O) groups excluding carboxylic acids is 1. The summed E-state index contributed by atoms with van der Waals surface area (Å²) in [6.45, 7) is 1.80. The maximum Gasteiger partial charge on any atom is 0.413 e. The summed E-state index contributed by atoms with van der Waals surface area (Å²) < 4.78 is 17.9. The standard InChI is InChI=1S/C20H22FN3O4/c1-14(17-7-5-6-8-19(17)24(2)20(25)26-3)28-22-13-18(23-27-4)15-9-11-16(21)12-10-15/h5-14H,1-4H3/b22-13+,23-18+. The van der Waals surface area contributed by atoms with Crippen molar-refractivity contribution in [2.24, 2.45) is 10.3 Å². The van der Waals surface area contributed by atoms with Crippen molar-refractivity contribution in [3.63, 3.8) is 0 Å². The average molecular weight is 387 g/mol. The maximum atomic E-state index is 13.1. The molecule has 8 heteroatoms. The third-order valence-electron chi connectivity index (χ3n) is 3.91. The van der Waals surface area contributed by atoms with E-state index in [0.29, 0.717) is 17.0 Å². The summed E-state index contributed by atoms with van der Waals surface area (Å²) in [6, 6.07) is 13.0. The molecule has 0 radical (unpaired) electrons. The minimum atomic E-state index is -0.492. The zero-order valence-electron chi connectivity index (χ0n) is 16.1. The highest BCUT2D eigenvalue weighted by Gasteiger charge is 2.18. The van der Waals surface area contributed by atoms with Gasteiger partial charge in [-0.2, -0.15) is 0 Å². The van der Waals surface area contributed by atoms with Crippen LogP contribution in [0.15, 0.2) is 58.8 Å². The Kier molecular flexibility index (Phi) is 7.50. The lowest BCUT2D eigenvalue weighted by atomic mass is 10.1. The second-order valence-electron chi connectivity index (χ2n) is 5.74. The quantitative estimate of drug-likeness (QED) is 0.529. The van der Waals surface area contributed by atoms with E-state index in [1.807, 2.05) is 18.2 Å². The Hall–Kier alpha value is -3.42. The Bertz CT molecular complexity index is 853. The highest BCUT2D eigenvalue weighted by molar-refractivity contribution is 6.37. The fraction of sp³-hybridized carbons (Fsp3) is 0.250. The van der Waals surface area contributed by atoms with E-state index >= 15 is 0 Å². The minimum Gasteiger partial charge on any atom is -0.452 e. The van der Waals surface area contributed by atoms with Gasteiger partial charge in [-0.3, -0.25) is 4.90 Å². The van der Waals surface area contributed by atoms with E-state index in [2.05, 4.69) is 10.3 Å². The minimum absolute atomic E-state index is 0.353. The van der Waals surface area contributed by atoms with Crippen LogP contribution in [0.4, 0.5) is 14.9 Å². The van der Waals surface area contributed by atoms with Crippen LogP contribution < -0.4 is 4.90 Å². The molecule has 0 heterocycles. The molecule has 7 nitrogen and oxygen atoms in total. The number of halogens is 1. The Morgan fingerprint density at radius 2 is 1.82 bits per heavy atom. The molecule has 1 amide bonds. The van der Waals surface area contributed by atoms with Crippen LogP contribution >= 0.6 is 0 Å². The predicted molar refractivity (Wildman–Crippen MR) is 105 cm³/mol. The molecule has 0 saturated carbocycles. The number of benzene rings is 2. The number of hydrogen-bond acceptors (Lipinski definition) is 6. The molecule has 2 aromatic rings. The number of nitrogens with zero attached hydrogens (tertiary/aromatic N) is 3. The van der Waals surface area contributed by atoms with Gasteiger partial charge >= 0.3 is 6.09 Å². The van der Waals surface area contributed by atoms with Crippen molar-refractivity contribution in [1.29, 1.82) is 0 Å². The molecule has 0 aliphatic carbocycles. The number of rotatable bonds is 7. The number of anilines is 1. The fourth-order valence-electron chi connectivity index (χ4n) is 2.47. The summed E-state index contributed by atoms with van der Waals surface area (Å²) in [5.41, 5.74) is 2.38. The molecule has 0 fully saturated rings. The largest absolute Gasteiger partial charge is 0.452 e. The first-order chi connectivity index (χ1) is 13.5. The van der Waals surface area contributed by atoms with E-state index in [4.69, 9.17) is 14.4 Å². The molecule has 28 heavy (non-hydrogen) atoms. The molecule has 2 aromatic carbocycles. The zero-order chi connectivity index (χ0) is 20.5. The summed E-state index contributed by atoms with van der Waals surface area (Å²) >= 11 is 0. The van der Waals surface area contributed by atoms with Crippen molar-refractivity contribution in [3.8, 4) is 0 Å². The van der Waals surface area contributed by atoms with E-state index in [1.54, 1.807) is 32.2 Å².